The molecule has 0 amide bonds. The topological polar surface area (TPSA) is 65.0 Å². The molecule has 5 rings (SSSR count). The van der Waals surface area contributed by atoms with Gasteiger partial charge in [0.15, 0.2) is 12.1 Å². The molecule has 1 aliphatic carbocycles. The summed E-state index contributed by atoms with van der Waals surface area (Å²) in [4.78, 5) is 13.2. The Kier molecular flexibility index (Phi) is 6.32. The molecule has 2 fully saturated rings. The fraction of sp³-hybridized carbons (Fsp3) is 0.444. The average molecular weight is 469 g/mol. The fourth-order valence-electron chi connectivity index (χ4n) is 5.14. The van der Waals surface area contributed by atoms with Crippen molar-refractivity contribution in [3.8, 4) is 11.1 Å². The molecule has 5 nitrogen and oxygen atoms in total. The van der Waals surface area contributed by atoms with E-state index in [-0.39, 0.29) is 29.4 Å². The minimum atomic E-state index is -0.329. The maximum Gasteiger partial charge on any atom is 0.167 e. The second-order valence-electron chi connectivity index (χ2n) is 9.45. The number of carbonyl (C=O) groups excluding carboxylic acids is 1. The lowest BCUT2D eigenvalue weighted by molar-refractivity contribution is -0.131. The number of aryl methyl sites for hydroxylation is 1. The van der Waals surface area contributed by atoms with Crippen molar-refractivity contribution >= 4 is 23.0 Å². The zero-order chi connectivity index (χ0) is 23.0. The normalized spacial score (nSPS) is 25.1. The van der Waals surface area contributed by atoms with Crippen LogP contribution in [0, 0.1) is 12.8 Å². The van der Waals surface area contributed by atoms with Crippen LogP contribution in [-0.4, -0.2) is 42.6 Å². The van der Waals surface area contributed by atoms with E-state index in [2.05, 4.69) is 0 Å². The Morgan fingerprint density at radius 3 is 2.52 bits per heavy atom. The van der Waals surface area contributed by atoms with E-state index >= 15 is 0 Å². The van der Waals surface area contributed by atoms with Gasteiger partial charge in [0, 0.05) is 50.3 Å². The first kappa shape index (κ1) is 22.6. The summed E-state index contributed by atoms with van der Waals surface area (Å²) in [6, 6.07) is 13.6. The van der Waals surface area contributed by atoms with Crippen LogP contribution in [-0.2, 0) is 19.0 Å². The molecule has 2 atom stereocenters. The second-order valence-corrected chi connectivity index (χ2v) is 9.88. The largest absolute Gasteiger partial charge is 0.512 e. The Morgan fingerprint density at radius 1 is 1.06 bits per heavy atom. The quantitative estimate of drug-likeness (QED) is 0.607. The number of ether oxygens (including phenoxy) is 3. The van der Waals surface area contributed by atoms with Gasteiger partial charge >= 0.3 is 0 Å². The second kappa shape index (κ2) is 9.22. The molecule has 2 unspecified atom stereocenters. The Morgan fingerprint density at radius 2 is 1.79 bits per heavy atom. The van der Waals surface area contributed by atoms with Crippen molar-refractivity contribution in [2.24, 2.45) is 5.92 Å². The van der Waals surface area contributed by atoms with E-state index < -0.39 is 0 Å². The van der Waals surface area contributed by atoms with Gasteiger partial charge in [-0.05, 0) is 53.3 Å². The third-order valence-corrected chi connectivity index (χ3v) is 7.30. The molecule has 0 saturated carbocycles. The minimum absolute atomic E-state index is 0.000921. The summed E-state index contributed by atoms with van der Waals surface area (Å²) < 4.78 is 17.6. The van der Waals surface area contributed by atoms with Gasteiger partial charge in [0.2, 0.25) is 0 Å². The van der Waals surface area contributed by atoms with Crippen molar-refractivity contribution in [2.75, 3.05) is 19.8 Å². The first-order valence-corrected chi connectivity index (χ1v) is 12.0. The summed E-state index contributed by atoms with van der Waals surface area (Å²) in [5.41, 5.74) is 3.94. The van der Waals surface area contributed by atoms with Crippen LogP contribution < -0.4 is 0 Å². The molecule has 2 aromatic carbocycles. The molecule has 1 spiro atoms. The van der Waals surface area contributed by atoms with Gasteiger partial charge in [0.1, 0.15) is 5.76 Å². The van der Waals surface area contributed by atoms with E-state index in [9.17, 15) is 9.90 Å². The van der Waals surface area contributed by atoms with Crippen LogP contribution >= 0.6 is 11.6 Å². The van der Waals surface area contributed by atoms with E-state index in [1.54, 1.807) is 0 Å². The number of aliphatic hydroxyl groups excluding tert-OH is 1. The zero-order valence-electron chi connectivity index (χ0n) is 18.8. The number of ketones is 1. The zero-order valence-corrected chi connectivity index (χ0v) is 19.6. The first-order chi connectivity index (χ1) is 15.9. The molecule has 1 N–H and O–H groups in total. The standard InChI is InChI=1S/C27H29ClO5/c1-17-2-3-20(19-4-6-21(28)7-5-19)15-22(17)26-23(29)12-18(13-24(26)30)14-25-32-16-27(33-25)8-10-31-11-9-27/h2-7,15,18,25,29H,8-14,16H2,1H3. The van der Waals surface area contributed by atoms with Crippen molar-refractivity contribution < 1.29 is 24.1 Å². The van der Waals surface area contributed by atoms with E-state index in [0.717, 1.165) is 35.1 Å². The third kappa shape index (κ3) is 4.73. The molecule has 174 valence electrons. The molecule has 6 heteroatoms. The summed E-state index contributed by atoms with van der Waals surface area (Å²) in [7, 11) is 0. The highest BCUT2D eigenvalue weighted by Gasteiger charge is 2.43. The number of allylic oxidation sites excluding steroid dienone is 2. The van der Waals surface area contributed by atoms with Gasteiger partial charge in [-0.25, -0.2) is 0 Å². The Bertz CT molecular complexity index is 1070. The first-order valence-electron chi connectivity index (χ1n) is 11.6. The van der Waals surface area contributed by atoms with Gasteiger partial charge in [0.25, 0.3) is 0 Å². The molecule has 2 aliphatic heterocycles. The van der Waals surface area contributed by atoms with Gasteiger partial charge < -0.3 is 19.3 Å². The monoisotopic (exact) mass is 468 g/mol. The van der Waals surface area contributed by atoms with Crippen LogP contribution in [0.4, 0.5) is 0 Å². The predicted octanol–water partition coefficient (Wildman–Crippen LogP) is 5.88. The number of rotatable bonds is 4. The number of halogens is 1. The lowest BCUT2D eigenvalue weighted by atomic mass is 9.81. The van der Waals surface area contributed by atoms with Crippen LogP contribution in [0.15, 0.2) is 48.2 Å². The molecular weight excluding hydrogens is 440 g/mol. The number of hydrogen-bond donors (Lipinski definition) is 1. The molecular formula is C27H29ClO5. The molecule has 33 heavy (non-hydrogen) atoms. The number of Topliss-reactive ketones (excluding diaryl/α,β-unsaturated/α-hetero) is 1. The average Bonchev–Trinajstić information content (AvgIpc) is 3.17. The van der Waals surface area contributed by atoms with Crippen molar-refractivity contribution in [1.29, 1.82) is 0 Å². The van der Waals surface area contributed by atoms with Gasteiger partial charge in [-0.15, -0.1) is 0 Å². The van der Waals surface area contributed by atoms with Crippen molar-refractivity contribution in [2.45, 2.75) is 50.9 Å². The highest BCUT2D eigenvalue weighted by Crippen LogP contribution is 2.40. The molecule has 3 aliphatic rings. The summed E-state index contributed by atoms with van der Waals surface area (Å²) in [5, 5.41) is 11.6. The van der Waals surface area contributed by atoms with Crippen LogP contribution in [0.5, 0.6) is 0 Å². The lowest BCUT2D eigenvalue weighted by Crippen LogP contribution is -2.39. The van der Waals surface area contributed by atoms with Gasteiger partial charge in [-0.2, -0.15) is 0 Å². The highest BCUT2D eigenvalue weighted by molar-refractivity contribution is 6.30. The van der Waals surface area contributed by atoms with Crippen LogP contribution in [0.1, 0.15) is 43.2 Å². The summed E-state index contributed by atoms with van der Waals surface area (Å²) in [5.74, 6) is 0.131. The van der Waals surface area contributed by atoms with Crippen molar-refractivity contribution in [3.05, 3.63) is 64.4 Å². The number of aliphatic hydroxyl groups is 1. The Balaban J connectivity index is 1.33. The summed E-state index contributed by atoms with van der Waals surface area (Å²) in [6.07, 6.45) is 2.78. The maximum atomic E-state index is 13.2. The molecule has 0 radical (unpaired) electrons. The predicted molar refractivity (Wildman–Crippen MR) is 127 cm³/mol. The SMILES string of the molecule is Cc1ccc(-c2ccc(Cl)cc2)cc1C1=C(O)CC(CC2OCC3(CCOCC3)O2)CC1=O. The molecule has 2 saturated heterocycles. The smallest absolute Gasteiger partial charge is 0.167 e. The molecule has 0 aromatic heterocycles. The van der Waals surface area contributed by atoms with E-state index in [1.807, 2.05) is 49.4 Å². The maximum absolute atomic E-state index is 13.2. The van der Waals surface area contributed by atoms with Crippen LogP contribution in [0.2, 0.25) is 5.02 Å². The third-order valence-electron chi connectivity index (χ3n) is 7.05. The summed E-state index contributed by atoms with van der Waals surface area (Å²) >= 11 is 6.02. The fourth-order valence-corrected chi connectivity index (χ4v) is 5.27. The van der Waals surface area contributed by atoms with Crippen molar-refractivity contribution in [1.82, 2.24) is 0 Å². The van der Waals surface area contributed by atoms with Crippen LogP contribution in [0.25, 0.3) is 16.7 Å². The Labute approximate surface area is 199 Å². The Hall–Kier alpha value is -2.18. The van der Waals surface area contributed by atoms with Gasteiger partial charge in [-0.1, -0.05) is 35.9 Å². The molecule has 0 bridgehead atoms. The lowest BCUT2D eigenvalue weighted by Gasteiger charge is -2.32. The summed E-state index contributed by atoms with van der Waals surface area (Å²) in [6.45, 7) is 3.93. The van der Waals surface area contributed by atoms with Gasteiger partial charge in [0.05, 0.1) is 17.8 Å². The van der Waals surface area contributed by atoms with Crippen LogP contribution in [0.3, 0.4) is 0 Å². The highest BCUT2D eigenvalue weighted by atomic mass is 35.5. The molecule has 2 aromatic rings. The van der Waals surface area contributed by atoms with Gasteiger partial charge in [-0.3, -0.25) is 4.79 Å². The van der Waals surface area contributed by atoms with E-state index in [1.165, 1.54) is 0 Å². The minimum Gasteiger partial charge on any atom is -0.512 e. The number of benzene rings is 2. The van der Waals surface area contributed by atoms with E-state index in [0.29, 0.717) is 49.7 Å². The molecule has 2 heterocycles. The number of hydrogen-bond acceptors (Lipinski definition) is 5. The number of carbonyl (C=O) groups is 1. The van der Waals surface area contributed by atoms with E-state index in [4.69, 9.17) is 25.8 Å². The van der Waals surface area contributed by atoms with Crippen molar-refractivity contribution in [3.63, 3.8) is 0 Å².